The predicted molar refractivity (Wildman–Crippen MR) is 110 cm³/mol. The molecule has 138 valence electrons. The minimum Gasteiger partial charge on any atom is -0.431 e. The van der Waals surface area contributed by atoms with Gasteiger partial charge in [0.25, 0.3) is 5.22 Å². The van der Waals surface area contributed by atoms with Gasteiger partial charge in [0.15, 0.2) is 5.58 Å². The summed E-state index contributed by atoms with van der Waals surface area (Å²) in [6.45, 7) is 3.69. The van der Waals surface area contributed by atoms with E-state index in [-0.39, 0.29) is 0 Å². The van der Waals surface area contributed by atoms with Crippen LogP contribution in [0, 0.1) is 0 Å². The Morgan fingerprint density at radius 1 is 0.852 bits per heavy atom. The third-order valence-corrected chi connectivity index (χ3v) is 6.04. The molecule has 1 aliphatic heterocycles. The Morgan fingerprint density at radius 3 is 2.37 bits per heavy atom. The molecule has 0 amide bonds. The molecule has 0 spiro atoms. The summed E-state index contributed by atoms with van der Waals surface area (Å²) in [7, 11) is 0. The monoisotopic (exact) mass is 378 g/mol. The number of oxazole rings is 1. The van der Waals surface area contributed by atoms with Crippen molar-refractivity contribution >= 4 is 44.9 Å². The fourth-order valence-corrected chi connectivity index (χ4v) is 4.47. The van der Waals surface area contributed by atoms with Gasteiger partial charge >= 0.3 is 0 Å². The fourth-order valence-electron chi connectivity index (χ4n) is 3.72. The van der Waals surface area contributed by atoms with E-state index in [1.54, 1.807) is 11.8 Å². The van der Waals surface area contributed by atoms with Crippen molar-refractivity contribution in [2.75, 3.05) is 25.4 Å². The zero-order chi connectivity index (χ0) is 18.1. The Kier molecular flexibility index (Phi) is 4.67. The van der Waals surface area contributed by atoms with Crippen molar-refractivity contribution in [1.29, 1.82) is 0 Å². The summed E-state index contributed by atoms with van der Waals surface area (Å²) in [6, 6.07) is 11.9. The summed E-state index contributed by atoms with van der Waals surface area (Å²) in [4.78, 5) is 16.6. The second-order valence-corrected chi connectivity index (χ2v) is 8.15. The normalized spacial score (nSPS) is 15.9. The van der Waals surface area contributed by atoms with Gasteiger partial charge < -0.3 is 9.32 Å². The second kappa shape index (κ2) is 7.44. The van der Waals surface area contributed by atoms with E-state index in [0.717, 1.165) is 44.1 Å². The van der Waals surface area contributed by atoms with Crippen LogP contribution in [0.1, 0.15) is 25.7 Å². The Balaban J connectivity index is 1.31. The number of thioether (sulfide) groups is 1. The molecule has 1 fully saturated rings. The number of aromatic nitrogens is 3. The third kappa shape index (κ3) is 3.64. The molecule has 0 bridgehead atoms. The van der Waals surface area contributed by atoms with E-state index in [2.05, 4.69) is 9.88 Å². The largest absolute Gasteiger partial charge is 0.431 e. The van der Waals surface area contributed by atoms with Gasteiger partial charge in [0.1, 0.15) is 5.52 Å². The van der Waals surface area contributed by atoms with Crippen LogP contribution in [0.25, 0.3) is 33.2 Å². The molecule has 6 heteroatoms. The topological polar surface area (TPSA) is 55.1 Å². The van der Waals surface area contributed by atoms with Crippen molar-refractivity contribution in [3.8, 4) is 0 Å². The van der Waals surface area contributed by atoms with E-state index in [0.29, 0.717) is 0 Å². The molecule has 0 unspecified atom stereocenters. The lowest BCUT2D eigenvalue weighted by molar-refractivity contribution is 0.230. The lowest BCUT2D eigenvalue weighted by atomic mass is 10.1. The summed E-state index contributed by atoms with van der Waals surface area (Å²) in [5.41, 5.74) is 5.14. The predicted octanol–water partition coefficient (Wildman–Crippen LogP) is 4.89. The van der Waals surface area contributed by atoms with Gasteiger partial charge in [0, 0.05) is 11.8 Å². The molecule has 3 heterocycles. The van der Waals surface area contributed by atoms with Crippen LogP contribution in [0.5, 0.6) is 0 Å². The SMILES string of the molecule is c1ccc2nc3cc4oc(SCCCN5CCCCC5)nc4cc3nc2c1. The Hall–Kier alpha value is -2.18. The van der Waals surface area contributed by atoms with Crippen LogP contribution in [0.15, 0.2) is 46.0 Å². The van der Waals surface area contributed by atoms with Crippen LogP contribution in [0.4, 0.5) is 0 Å². The molecule has 4 aromatic rings. The van der Waals surface area contributed by atoms with Gasteiger partial charge in [-0.1, -0.05) is 30.3 Å². The van der Waals surface area contributed by atoms with Gasteiger partial charge in [-0.15, -0.1) is 0 Å². The van der Waals surface area contributed by atoms with Crippen LogP contribution >= 0.6 is 11.8 Å². The van der Waals surface area contributed by atoms with Gasteiger partial charge in [-0.25, -0.2) is 15.0 Å². The van der Waals surface area contributed by atoms with Gasteiger partial charge in [-0.3, -0.25) is 0 Å². The molecule has 0 radical (unpaired) electrons. The number of benzene rings is 2. The van der Waals surface area contributed by atoms with Crippen LogP contribution in [0.2, 0.25) is 0 Å². The Morgan fingerprint density at radius 2 is 1.59 bits per heavy atom. The summed E-state index contributed by atoms with van der Waals surface area (Å²) in [6.07, 6.45) is 5.26. The van der Waals surface area contributed by atoms with E-state index in [9.17, 15) is 0 Å². The first-order valence-electron chi connectivity index (χ1n) is 9.67. The molecular formula is C21H22N4OS. The molecule has 5 rings (SSSR count). The maximum absolute atomic E-state index is 5.95. The number of fused-ring (bicyclic) bond motifs is 3. The van der Waals surface area contributed by atoms with Crippen molar-refractivity contribution in [3.63, 3.8) is 0 Å². The lowest BCUT2D eigenvalue weighted by Gasteiger charge is -2.26. The van der Waals surface area contributed by atoms with Gasteiger partial charge in [0.2, 0.25) is 0 Å². The van der Waals surface area contributed by atoms with E-state index < -0.39 is 0 Å². The third-order valence-electron chi connectivity index (χ3n) is 5.12. The highest BCUT2D eigenvalue weighted by atomic mass is 32.2. The Labute approximate surface area is 162 Å². The lowest BCUT2D eigenvalue weighted by Crippen LogP contribution is -2.30. The van der Waals surface area contributed by atoms with Gasteiger partial charge in [0.05, 0.1) is 22.1 Å². The quantitative estimate of drug-likeness (QED) is 0.280. The molecule has 0 atom stereocenters. The van der Waals surface area contributed by atoms with E-state index in [4.69, 9.17) is 14.4 Å². The summed E-state index contributed by atoms with van der Waals surface area (Å²) in [5, 5.41) is 0.739. The Bertz CT molecular complexity index is 1020. The van der Waals surface area contributed by atoms with Crippen LogP contribution < -0.4 is 0 Å². The van der Waals surface area contributed by atoms with Crippen LogP contribution in [0.3, 0.4) is 0 Å². The number of rotatable bonds is 5. The smallest absolute Gasteiger partial charge is 0.256 e. The summed E-state index contributed by atoms with van der Waals surface area (Å²) < 4.78 is 5.95. The molecule has 27 heavy (non-hydrogen) atoms. The number of nitrogens with zero attached hydrogens (tertiary/aromatic N) is 4. The maximum Gasteiger partial charge on any atom is 0.256 e. The number of para-hydroxylation sites is 2. The first kappa shape index (κ1) is 17.0. The van der Waals surface area contributed by atoms with Gasteiger partial charge in [-0.2, -0.15) is 0 Å². The number of hydrogen-bond acceptors (Lipinski definition) is 6. The highest BCUT2D eigenvalue weighted by molar-refractivity contribution is 7.99. The number of hydrogen-bond donors (Lipinski definition) is 0. The zero-order valence-corrected chi connectivity index (χ0v) is 16.0. The standard InChI is InChI=1S/C21H22N4OS/c1-4-9-25(10-5-1)11-6-12-27-21-24-19-13-17-18(14-20(19)26-21)23-16-8-3-2-7-15(16)22-17/h2-3,7-8,13-14H,1,4-6,9-12H2. The average molecular weight is 379 g/mol. The molecule has 0 N–H and O–H groups in total. The fraction of sp³-hybridized carbons (Fsp3) is 0.381. The molecule has 1 saturated heterocycles. The molecule has 5 nitrogen and oxygen atoms in total. The first-order chi connectivity index (χ1) is 13.3. The number of likely N-dealkylation sites (tertiary alicyclic amines) is 1. The van der Waals surface area contributed by atoms with Gasteiger partial charge in [-0.05, 0) is 57.1 Å². The van der Waals surface area contributed by atoms with Crippen molar-refractivity contribution in [2.24, 2.45) is 0 Å². The molecule has 2 aromatic heterocycles. The minimum absolute atomic E-state index is 0.739. The minimum atomic E-state index is 0.739. The zero-order valence-electron chi connectivity index (χ0n) is 15.2. The average Bonchev–Trinajstić information content (AvgIpc) is 3.10. The summed E-state index contributed by atoms with van der Waals surface area (Å²) in [5.74, 6) is 1.03. The highest BCUT2D eigenvalue weighted by Gasteiger charge is 2.12. The van der Waals surface area contributed by atoms with Crippen LogP contribution in [-0.4, -0.2) is 45.2 Å². The van der Waals surface area contributed by atoms with E-state index in [1.807, 2.05) is 36.4 Å². The maximum atomic E-state index is 5.95. The van der Waals surface area contributed by atoms with E-state index >= 15 is 0 Å². The molecule has 0 saturated carbocycles. The van der Waals surface area contributed by atoms with Crippen molar-refractivity contribution in [3.05, 3.63) is 36.4 Å². The molecule has 0 aliphatic carbocycles. The first-order valence-corrected chi connectivity index (χ1v) is 10.7. The molecular weight excluding hydrogens is 356 g/mol. The van der Waals surface area contributed by atoms with E-state index in [1.165, 1.54) is 45.3 Å². The molecule has 1 aliphatic rings. The van der Waals surface area contributed by atoms with Crippen LogP contribution in [-0.2, 0) is 0 Å². The highest BCUT2D eigenvalue weighted by Crippen LogP contribution is 2.27. The molecule has 2 aromatic carbocycles. The van der Waals surface area contributed by atoms with Crippen molar-refractivity contribution in [2.45, 2.75) is 30.9 Å². The van der Waals surface area contributed by atoms with Crippen molar-refractivity contribution in [1.82, 2.24) is 19.9 Å². The second-order valence-electron chi connectivity index (χ2n) is 7.11. The number of piperidine rings is 1. The van der Waals surface area contributed by atoms with Crippen molar-refractivity contribution < 1.29 is 4.42 Å². The summed E-state index contributed by atoms with van der Waals surface area (Å²) >= 11 is 1.70.